The lowest BCUT2D eigenvalue weighted by Gasteiger charge is -2.42. The first-order valence-corrected chi connectivity index (χ1v) is 15.0. The maximum absolute atomic E-state index is 5.54. The van der Waals surface area contributed by atoms with Crippen LogP contribution in [0.3, 0.4) is 0 Å². The van der Waals surface area contributed by atoms with Crippen LogP contribution in [0.25, 0.3) is 0 Å². The Morgan fingerprint density at radius 3 is 1.17 bits per heavy atom. The van der Waals surface area contributed by atoms with Crippen molar-refractivity contribution in [1.29, 1.82) is 0 Å². The minimum atomic E-state index is -2.28. The van der Waals surface area contributed by atoms with Gasteiger partial charge in [-0.15, -0.1) is 0 Å². The van der Waals surface area contributed by atoms with Crippen molar-refractivity contribution < 1.29 is 0 Å². The van der Waals surface area contributed by atoms with Gasteiger partial charge in [0.15, 0.2) is 15.0 Å². The van der Waals surface area contributed by atoms with Crippen LogP contribution in [0.1, 0.15) is 0 Å². The van der Waals surface area contributed by atoms with E-state index in [1.807, 2.05) is 50.1 Å². The van der Waals surface area contributed by atoms with Gasteiger partial charge in [-0.1, -0.05) is 6.07 Å². The Kier molecular flexibility index (Phi) is 11.8. The first kappa shape index (κ1) is 32.7. The van der Waals surface area contributed by atoms with Crippen LogP contribution in [0.2, 0.25) is 0 Å². The summed E-state index contributed by atoms with van der Waals surface area (Å²) in [5, 5.41) is 0. The standard InChI is InChI=1S/C23H51N11P2/c1-27(2)23(28(3)4)24-20-18-17-19-21(25-35(29(5)6,30(7)8)31(9)10)22(20)26-36(32(11)12,33(13)14)34(15)16/h17-19H,1-16H3. The highest BCUT2D eigenvalue weighted by Crippen LogP contribution is 2.62. The molecule has 0 heterocycles. The molecule has 0 atom stereocenters. The van der Waals surface area contributed by atoms with Crippen LogP contribution in [-0.2, 0) is 0 Å². The fourth-order valence-electron chi connectivity index (χ4n) is 4.46. The van der Waals surface area contributed by atoms with Crippen LogP contribution in [0, 0.1) is 0 Å². The molecule has 0 saturated carbocycles. The second-order valence-corrected chi connectivity index (χ2v) is 17.5. The molecule has 1 aromatic carbocycles. The average Bonchev–Trinajstić information content (AvgIpc) is 2.72. The molecule has 208 valence electrons. The molecule has 0 aliphatic carbocycles. The summed E-state index contributed by atoms with van der Waals surface area (Å²) in [6.45, 7) is 0. The molecule has 13 heteroatoms. The van der Waals surface area contributed by atoms with E-state index >= 15 is 0 Å². The van der Waals surface area contributed by atoms with Crippen LogP contribution >= 0.6 is 15.0 Å². The van der Waals surface area contributed by atoms with Crippen LogP contribution in [0.15, 0.2) is 32.7 Å². The molecule has 0 N–H and O–H groups in total. The number of hydrogen-bond acceptors (Lipinski definition) is 3. The van der Waals surface area contributed by atoms with Crippen LogP contribution in [0.5, 0.6) is 0 Å². The summed E-state index contributed by atoms with van der Waals surface area (Å²) in [5.74, 6) is 0.834. The molecular formula is C23H51N11P2. The van der Waals surface area contributed by atoms with Gasteiger partial charge in [0.2, 0.25) is 5.96 Å². The minimum absolute atomic E-state index is 0.790. The number of guanidine groups is 1. The second-order valence-electron chi connectivity index (χ2n) is 10.2. The molecule has 0 saturated heterocycles. The smallest absolute Gasteiger partial charge is 0.200 e. The van der Waals surface area contributed by atoms with E-state index in [4.69, 9.17) is 14.5 Å². The molecule has 36 heavy (non-hydrogen) atoms. The molecule has 0 radical (unpaired) electrons. The molecular weight excluding hydrogens is 492 g/mol. The van der Waals surface area contributed by atoms with E-state index in [0.717, 1.165) is 23.0 Å². The summed E-state index contributed by atoms with van der Waals surface area (Å²) in [6, 6.07) is 6.11. The zero-order valence-corrected chi connectivity index (χ0v) is 27.3. The van der Waals surface area contributed by atoms with Crippen LogP contribution in [-0.4, -0.2) is 157 Å². The highest BCUT2D eigenvalue weighted by molar-refractivity contribution is 7.59. The molecule has 0 spiro atoms. The van der Waals surface area contributed by atoms with Crippen molar-refractivity contribution in [2.24, 2.45) is 14.5 Å². The van der Waals surface area contributed by atoms with Crippen LogP contribution < -0.4 is 0 Å². The first-order valence-electron chi connectivity index (χ1n) is 11.8. The molecule has 0 unspecified atom stereocenters. The molecule has 1 rings (SSSR count). The first-order chi connectivity index (χ1) is 16.5. The zero-order chi connectivity index (χ0) is 28.2. The van der Waals surface area contributed by atoms with Gasteiger partial charge in [0.25, 0.3) is 0 Å². The van der Waals surface area contributed by atoms with E-state index in [1.165, 1.54) is 0 Å². The number of rotatable bonds is 9. The van der Waals surface area contributed by atoms with E-state index < -0.39 is 15.0 Å². The van der Waals surface area contributed by atoms with Gasteiger partial charge in [0.1, 0.15) is 5.69 Å². The Labute approximate surface area is 221 Å². The van der Waals surface area contributed by atoms with Gasteiger partial charge in [-0.25, -0.2) is 14.5 Å². The van der Waals surface area contributed by atoms with E-state index in [1.54, 1.807) is 0 Å². The predicted octanol–water partition coefficient (Wildman–Crippen LogP) is 4.32. The summed E-state index contributed by atoms with van der Waals surface area (Å²) in [4.78, 5) is 9.11. The lowest BCUT2D eigenvalue weighted by Crippen LogP contribution is -2.35. The van der Waals surface area contributed by atoms with Gasteiger partial charge in [0, 0.05) is 28.2 Å². The zero-order valence-electron chi connectivity index (χ0n) is 25.5. The van der Waals surface area contributed by atoms with Crippen molar-refractivity contribution in [2.45, 2.75) is 0 Å². The SMILES string of the molecule is CN(C)C(=Nc1cccc(N=P(N(C)C)(N(C)C)N(C)C)c1N=P(N(C)C)(N(C)C)N(C)C)N(C)C. The largest absolute Gasteiger partial charge is 0.349 e. The molecule has 11 nitrogen and oxygen atoms in total. The summed E-state index contributed by atoms with van der Waals surface area (Å²) < 4.78 is 24.3. The normalized spacial score (nSPS) is 12.8. The third kappa shape index (κ3) is 6.58. The van der Waals surface area contributed by atoms with E-state index in [0.29, 0.717) is 0 Å². The Bertz CT molecular complexity index is 942. The highest BCUT2D eigenvalue weighted by Gasteiger charge is 2.32. The Morgan fingerprint density at radius 1 is 0.500 bits per heavy atom. The molecule has 0 aromatic heterocycles. The Balaban J connectivity index is 4.44. The van der Waals surface area contributed by atoms with E-state index in [9.17, 15) is 0 Å². The van der Waals surface area contributed by atoms with Crippen molar-refractivity contribution in [3.63, 3.8) is 0 Å². The van der Waals surface area contributed by atoms with Gasteiger partial charge in [-0.3, -0.25) is 28.0 Å². The van der Waals surface area contributed by atoms with Gasteiger partial charge in [-0.05, 0) is 96.7 Å². The maximum atomic E-state index is 5.54. The lowest BCUT2D eigenvalue weighted by molar-refractivity contribution is 0.473. The number of nitrogens with zero attached hydrogens (tertiary/aromatic N) is 11. The van der Waals surface area contributed by atoms with E-state index in [-0.39, 0.29) is 0 Å². The van der Waals surface area contributed by atoms with Gasteiger partial charge in [-0.2, -0.15) is 0 Å². The van der Waals surface area contributed by atoms with Crippen LogP contribution in [0.4, 0.5) is 17.1 Å². The third-order valence-corrected chi connectivity index (χ3v) is 13.1. The topological polar surface area (TPSA) is 63.0 Å². The van der Waals surface area contributed by atoms with E-state index in [2.05, 4.69) is 119 Å². The number of hydrogen-bond donors (Lipinski definition) is 0. The maximum Gasteiger partial charge on any atom is 0.200 e. The summed E-state index contributed by atoms with van der Waals surface area (Å²) in [7, 11) is 28.5. The molecule has 0 aliphatic rings. The Morgan fingerprint density at radius 2 is 0.833 bits per heavy atom. The molecule has 1 aromatic rings. The molecule has 0 fully saturated rings. The van der Waals surface area contributed by atoms with Crippen molar-refractivity contribution in [1.82, 2.24) is 37.8 Å². The van der Waals surface area contributed by atoms with Gasteiger partial charge >= 0.3 is 0 Å². The summed E-state index contributed by atoms with van der Waals surface area (Å²) >= 11 is 0. The molecule has 0 aliphatic heterocycles. The van der Waals surface area contributed by atoms with Gasteiger partial charge in [0.05, 0.1) is 11.4 Å². The second kappa shape index (κ2) is 13.0. The van der Waals surface area contributed by atoms with Crippen molar-refractivity contribution in [3.05, 3.63) is 18.2 Å². The number of aliphatic imine (C=N–C) groups is 1. The summed E-state index contributed by atoms with van der Waals surface area (Å²) in [6.07, 6.45) is 0. The minimum Gasteiger partial charge on any atom is -0.349 e. The van der Waals surface area contributed by atoms with Gasteiger partial charge < -0.3 is 9.80 Å². The van der Waals surface area contributed by atoms with Crippen molar-refractivity contribution >= 4 is 38.0 Å². The lowest BCUT2D eigenvalue weighted by atomic mass is 10.2. The molecule has 0 bridgehead atoms. The summed E-state index contributed by atoms with van der Waals surface area (Å²) in [5.41, 5.74) is 2.41. The average molecular weight is 544 g/mol. The Hall–Kier alpha value is -1.29. The van der Waals surface area contributed by atoms with Crippen molar-refractivity contribution in [3.8, 4) is 0 Å². The number of benzene rings is 1. The quantitative estimate of drug-likeness (QED) is 0.259. The van der Waals surface area contributed by atoms with Crippen molar-refractivity contribution in [2.75, 3.05) is 113 Å². The monoisotopic (exact) mass is 543 g/mol. The predicted molar refractivity (Wildman–Crippen MR) is 161 cm³/mol. The highest BCUT2D eigenvalue weighted by atomic mass is 31.2. The molecule has 0 amide bonds. The fourth-order valence-corrected chi connectivity index (χ4v) is 10.8. The fraction of sp³-hybridized carbons (Fsp3) is 0.696. The third-order valence-electron chi connectivity index (χ3n) is 5.71.